The van der Waals surface area contributed by atoms with Crippen LogP contribution in [-0.2, 0) is 11.2 Å². The molecule has 3 rings (SSSR count). The van der Waals surface area contributed by atoms with E-state index in [-0.39, 0.29) is 11.9 Å². The van der Waals surface area contributed by atoms with E-state index in [1.54, 1.807) is 6.08 Å². The summed E-state index contributed by atoms with van der Waals surface area (Å²) in [6.45, 7) is 2.82. The first-order valence-corrected chi connectivity index (χ1v) is 10.6. The maximum atomic E-state index is 12.7. The van der Waals surface area contributed by atoms with E-state index >= 15 is 0 Å². The van der Waals surface area contributed by atoms with E-state index in [4.69, 9.17) is 4.74 Å². The fourth-order valence-corrected chi connectivity index (χ4v) is 3.25. The van der Waals surface area contributed by atoms with Crippen molar-refractivity contribution in [3.8, 4) is 5.75 Å². The normalized spacial score (nSPS) is 11.9. The Morgan fingerprint density at radius 1 is 0.933 bits per heavy atom. The summed E-state index contributed by atoms with van der Waals surface area (Å²) < 4.78 is 5.86. The third-order valence-electron chi connectivity index (χ3n) is 4.89. The monoisotopic (exact) mass is 399 g/mol. The summed E-state index contributed by atoms with van der Waals surface area (Å²) in [5.41, 5.74) is 3.18. The molecule has 30 heavy (non-hydrogen) atoms. The van der Waals surface area contributed by atoms with Crippen LogP contribution >= 0.6 is 0 Å². The fraction of sp³-hybridized carbons (Fsp3) is 0.222. The molecule has 3 nitrogen and oxygen atoms in total. The molecule has 0 spiro atoms. The number of unbranched alkanes of at least 4 members (excludes halogenated alkanes) is 1. The number of carbonyl (C=O) groups excluding carboxylic acids is 1. The van der Waals surface area contributed by atoms with Crippen molar-refractivity contribution in [1.82, 2.24) is 5.32 Å². The van der Waals surface area contributed by atoms with Crippen molar-refractivity contribution in [2.24, 2.45) is 0 Å². The Balaban J connectivity index is 1.70. The highest BCUT2D eigenvalue weighted by atomic mass is 16.5. The minimum absolute atomic E-state index is 0.0956. The van der Waals surface area contributed by atoms with Crippen molar-refractivity contribution in [2.45, 2.75) is 32.2 Å². The Morgan fingerprint density at radius 3 is 2.33 bits per heavy atom. The molecule has 154 valence electrons. The van der Waals surface area contributed by atoms with Crippen LogP contribution in [0.4, 0.5) is 0 Å². The van der Waals surface area contributed by atoms with E-state index in [1.807, 2.05) is 66.7 Å². The van der Waals surface area contributed by atoms with Crippen LogP contribution in [0.1, 0.15) is 42.5 Å². The van der Waals surface area contributed by atoms with E-state index in [0.29, 0.717) is 6.61 Å². The van der Waals surface area contributed by atoms with Crippen molar-refractivity contribution < 1.29 is 9.53 Å². The lowest BCUT2D eigenvalue weighted by molar-refractivity contribution is -0.117. The van der Waals surface area contributed by atoms with Gasteiger partial charge in [-0.1, -0.05) is 92.2 Å². The van der Waals surface area contributed by atoms with Crippen LogP contribution in [0.15, 0.2) is 91.0 Å². The minimum Gasteiger partial charge on any atom is -0.493 e. The predicted octanol–water partition coefficient (Wildman–Crippen LogP) is 5.98. The average molecular weight is 400 g/mol. The molecule has 0 saturated heterocycles. The standard InChI is InChI=1S/C27H29NO2/c1-2-3-20-30-26-17-11-10-16-24(26)18-19-27(29)28-25(23-14-8-5-9-15-23)21-22-12-6-4-7-13-22/h4-19,25H,2-3,20-21H2,1H3,(H,28,29)/b19-18+. The van der Waals surface area contributed by atoms with Gasteiger partial charge in [0.15, 0.2) is 0 Å². The molecule has 3 aromatic carbocycles. The van der Waals surface area contributed by atoms with E-state index in [2.05, 4.69) is 36.5 Å². The number of carbonyl (C=O) groups is 1. The molecule has 0 aliphatic rings. The van der Waals surface area contributed by atoms with Gasteiger partial charge >= 0.3 is 0 Å². The predicted molar refractivity (Wildman–Crippen MR) is 123 cm³/mol. The zero-order valence-electron chi connectivity index (χ0n) is 17.5. The maximum absolute atomic E-state index is 12.7. The first-order valence-electron chi connectivity index (χ1n) is 10.6. The number of benzene rings is 3. The number of hydrogen-bond acceptors (Lipinski definition) is 2. The van der Waals surface area contributed by atoms with Crippen LogP contribution in [-0.4, -0.2) is 12.5 Å². The van der Waals surface area contributed by atoms with E-state index in [1.165, 1.54) is 5.56 Å². The molecule has 0 bridgehead atoms. The van der Waals surface area contributed by atoms with Gasteiger partial charge in [0.2, 0.25) is 5.91 Å². The zero-order valence-corrected chi connectivity index (χ0v) is 17.5. The second kappa shape index (κ2) is 11.6. The van der Waals surface area contributed by atoms with Crippen LogP contribution in [0, 0.1) is 0 Å². The van der Waals surface area contributed by atoms with Gasteiger partial charge in [-0.2, -0.15) is 0 Å². The largest absolute Gasteiger partial charge is 0.493 e. The third kappa shape index (κ3) is 6.63. The van der Waals surface area contributed by atoms with Crippen LogP contribution in [0.5, 0.6) is 5.75 Å². The van der Waals surface area contributed by atoms with Crippen molar-refractivity contribution in [2.75, 3.05) is 6.61 Å². The maximum Gasteiger partial charge on any atom is 0.244 e. The third-order valence-corrected chi connectivity index (χ3v) is 4.89. The lowest BCUT2D eigenvalue weighted by Crippen LogP contribution is -2.28. The van der Waals surface area contributed by atoms with E-state index in [0.717, 1.165) is 36.1 Å². The van der Waals surface area contributed by atoms with Gasteiger partial charge in [-0.3, -0.25) is 4.79 Å². The minimum atomic E-state index is -0.122. The van der Waals surface area contributed by atoms with Gasteiger partial charge in [-0.05, 0) is 36.1 Å². The smallest absolute Gasteiger partial charge is 0.244 e. The van der Waals surface area contributed by atoms with Crippen molar-refractivity contribution in [1.29, 1.82) is 0 Å². The highest BCUT2D eigenvalue weighted by Gasteiger charge is 2.14. The number of amides is 1. The molecule has 0 saturated carbocycles. The average Bonchev–Trinajstić information content (AvgIpc) is 2.79. The second-order valence-electron chi connectivity index (χ2n) is 7.23. The summed E-state index contributed by atoms with van der Waals surface area (Å²) in [5, 5.41) is 3.16. The Labute approximate surface area is 179 Å². The topological polar surface area (TPSA) is 38.3 Å². The highest BCUT2D eigenvalue weighted by molar-refractivity contribution is 5.92. The van der Waals surface area contributed by atoms with E-state index < -0.39 is 0 Å². The summed E-state index contributed by atoms with van der Waals surface area (Å²) in [7, 11) is 0. The molecule has 1 atom stereocenters. The summed E-state index contributed by atoms with van der Waals surface area (Å²) in [6, 6.07) is 28.0. The molecule has 0 heterocycles. The van der Waals surface area contributed by atoms with Gasteiger partial charge in [-0.15, -0.1) is 0 Å². The molecule has 0 radical (unpaired) electrons. The van der Waals surface area contributed by atoms with Crippen LogP contribution in [0.3, 0.4) is 0 Å². The second-order valence-corrected chi connectivity index (χ2v) is 7.23. The molecule has 0 aliphatic carbocycles. The summed E-state index contributed by atoms with van der Waals surface area (Å²) in [6.07, 6.45) is 6.24. The molecule has 1 unspecified atom stereocenters. The van der Waals surface area contributed by atoms with Gasteiger partial charge in [-0.25, -0.2) is 0 Å². The van der Waals surface area contributed by atoms with Crippen LogP contribution in [0.25, 0.3) is 6.08 Å². The molecule has 0 aromatic heterocycles. The number of nitrogens with one attached hydrogen (secondary N) is 1. The zero-order chi connectivity index (χ0) is 21.0. The Hall–Kier alpha value is -3.33. The number of hydrogen-bond donors (Lipinski definition) is 1. The molecule has 1 N–H and O–H groups in total. The van der Waals surface area contributed by atoms with E-state index in [9.17, 15) is 4.79 Å². The Bertz CT molecular complexity index is 935. The first-order chi connectivity index (χ1) is 14.8. The summed E-state index contributed by atoms with van der Waals surface area (Å²) >= 11 is 0. The van der Waals surface area contributed by atoms with Gasteiger partial charge in [0.05, 0.1) is 12.6 Å². The highest BCUT2D eigenvalue weighted by Crippen LogP contribution is 2.21. The first kappa shape index (κ1) is 21.4. The molecule has 3 heteroatoms. The van der Waals surface area contributed by atoms with Gasteiger partial charge in [0, 0.05) is 11.6 Å². The molecule has 0 aliphatic heterocycles. The Morgan fingerprint density at radius 2 is 1.60 bits per heavy atom. The molecule has 3 aromatic rings. The van der Waals surface area contributed by atoms with Crippen molar-refractivity contribution in [3.63, 3.8) is 0 Å². The van der Waals surface area contributed by atoms with Crippen molar-refractivity contribution >= 4 is 12.0 Å². The van der Waals surface area contributed by atoms with Gasteiger partial charge in [0.1, 0.15) is 5.75 Å². The Kier molecular flexibility index (Phi) is 8.28. The number of rotatable bonds is 10. The molecule has 1 amide bonds. The SMILES string of the molecule is CCCCOc1ccccc1/C=C/C(=O)NC(Cc1ccccc1)c1ccccc1. The van der Waals surface area contributed by atoms with Gasteiger partial charge < -0.3 is 10.1 Å². The van der Waals surface area contributed by atoms with Crippen molar-refractivity contribution in [3.05, 3.63) is 108 Å². The van der Waals surface area contributed by atoms with Crippen LogP contribution in [0.2, 0.25) is 0 Å². The summed E-state index contributed by atoms with van der Waals surface area (Å²) in [4.78, 5) is 12.7. The molecule has 0 fully saturated rings. The van der Waals surface area contributed by atoms with Gasteiger partial charge in [0.25, 0.3) is 0 Å². The fourth-order valence-electron chi connectivity index (χ4n) is 3.25. The lowest BCUT2D eigenvalue weighted by Gasteiger charge is -2.18. The number of para-hydroxylation sites is 1. The molecular formula is C27H29NO2. The quantitative estimate of drug-likeness (QED) is 0.336. The number of ether oxygens (including phenoxy) is 1. The summed E-state index contributed by atoms with van der Waals surface area (Å²) in [5.74, 6) is 0.682. The lowest BCUT2D eigenvalue weighted by atomic mass is 9.99. The van der Waals surface area contributed by atoms with Crippen LogP contribution < -0.4 is 10.1 Å². The molecular weight excluding hydrogens is 370 g/mol.